The standard InChI is InChI=1S/C16H17ClF3NO2/c17-11-3-4-14(23-8-16(18,19)20)13(7-11)21-15(22)12-6-9-1-2-10(12)5-9/h3-4,7,9-10,12H,1-2,5-6,8H2,(H,21,22)/t9-,10-,12-/m0/s1. The van der Waals surface area contributed by atoms with Gasteiger partial charge in [-0.25, -0.2) is 0 Å². The quantitative estimate of drug-likeness (QED) is 0.860. The molecule has 0 aromatic heterocycles. The maximum atomic E-state index is 12.4. The van der Waals surface area contributed by atoms with Gasteiger partial charge in [0.15, 0.2) is 6.61 Å². The average molecular weight is 348 g/mol. The molecular weight excluding hydrogens is 331 g/mol. The Morgan fingerprint density at radius 2 is 2.09 bits per heavy atom. The van der Waals surface area contributed by atoms with Crippen LogP contribution in [-0.4, -0.2) is 18.7 Å². The van der Waals surface area contributed by atoms with Crippen LogP contribution in [0.15, 0.2) is 18.2 Å². The molecule has 1 aromatic rings. The molecule has 0 spiro atoms. The highest BCUT2D eigenvalue weighted by atomic mass is 35.5. The van der Waals surface area contributed by atoms with Crippen molar-refractivity contribution in [2.45, 2.75) is 31.9 Å². The Morgan fingerprint density at radius 1 is 1.30 bits per heavy atom. The number of carbonyl (C=O) groups is 1. The molecule has 0 saturated heterocycles. The fourth-order valence-electron chi connectivity index (χ4n) is 3.68. The zero-order valence-corrected chi connectivity index (χ0v) is 13.1. The number of nitrogens with one attached hydrogen (secondary N) is 1. The van der Waals surface area contributed by atoms with Gasteiger partial charge >= 0.3 is 6.18 Å². The van der Waals surface area contributed by atoms with Gasteiger partial charge in [-0.05, 0) is 49.3 Å². The second-order valence-corrected chi connectivity index (χ2v) is 6.75. The van der Waals surface area contributed by atoms with E-state index in [9.17, 15) is 18.0 Å². The van der Waals surface area contributed by atoms with Gasteiger partial charge in [-0.15, -0.1) is 0 Å². The van der Waals surface area contributed by atoms with E-state index in [1.165, 1.54) is 24.6 Å². The Balaban J connectivity index is 1.71. The Hall–Kier alpha value is -1.43. The van der Waals surface area contributed by atoms with E-state index in [1.54, 1.807) is 0 Å². The van der Waals surface area contributed by atoms with Crippen molar-refractivity contribution in [2.24, 2.45) is 17.8 Å². The number of halogens is 4. The summed E-state index contributed by atoms with van der Waals surface area (Å²) in [7, 11) is 0. The number of ether oxygens (including phenoxy) is 1. The molecule has 0 radical (unpaired) electrons. The topological polar surface area (TPSA) is 38.3 Å². The van der Waals surface area contributed by atoms with Crippen molar-refractivity contribution < 1.29 is 22.7 Å². The van der Waals surface area contributed by atoms with Gasteiger partial charge in [-0.1, -0.05) is 18.0 Å². The summed E-state index contributed by atoms with van der Waals surface area (Å²) in [5, 5.41) is 3.03. The molecule has 2 fully saturated rings. The first-order valence-electron chi connectivity index (χ1n) is 7.62. The lowest BCUT2D eigenvalue weighted by Crippen LogP contribution is -2.27. The smallest absolute Gasteiger partial charge is 0.422 e. The summed E-state index contributed by atoms with van der Waals surface area (Å²) < 4.78 is 41.8. The molecule has 1 N–H and O–H groups in total. The van der Waals surface area contributed by atoms with Crippen LogP contribution in [0.3, 0.4) is 0 Å². The summed E-state index contributed by atoms with van der Waals surface area (Å²) in [4.78, 5) is 12.4. The predicted octanol–water partition coefficient (Wildman–Crippen LogP) is 4.66. The van der Waals surface area contributed by atoms with Gasteiger partial charge < -0.3 is 10.1 Å². The molecule has 3 nitrogen and oxygen atoms in total. The summed E-state index contributed by atoms with van der Waals surface area (Å²) in [6.45, 7) is -1.41. The molecule has 23 heavy (non-hydrogen) atoms. The van der Waals surface area contributed by atoms with Crippen molar-refractivity contribution in [1.29, 1.82) is 0 Å². The molecule has 7 heteroatoms. The number of carbonyl (C=O) groups excluding carboxylic acids is 1. The Labute approximate surface area is 137 Å². The number of benzene rings is 1. The van der Waals surface area contributed by atoms with Gasteiger partial charge in [-0.3, -0.25) is 4.79 Å². The first-order valence-corrected chi connectivity index (χ1v) is 7.99. The number of hydrogen-bond donors (Lipinski definition) is 1. The molecule has 1 aromatic carbocycles. The van der Waals surface area contributed by atoms with Crippen LogP contribution < -0.4 is 10.1 Å². The molecule has 0 unspecified atom stereocenters. The first-order chi connectivity index (χ1) is 10.8. The second-order valence-electron chi connectivity index (χ2n) is 6.31. The van der Waals surface area contributed by atoms with Crippen molar-refractivity contribution >= 4 is 23.2 Å². The lowest BCUT2D eigenvalue weighted by atomic mass is 9.88. The van der Waals surface area contributed by atoms with Crippen molar-refractivity contribution in [1.82, 2.24) is 0 Å². The maximum Gasteiger partial charge on any atom is 0.422 e. The second kappa shape index (κ2) is 6.23. The van der Waals surface area contributed by atoms with Crippen LogP contribution in [0.4, 0.5) is 18.9 Å². The molecular formula is C16H17ClF3NO2. The van der Waals surface area contributed by atoms with E-state index in [0.717, 1.165) is 19.3 Å². The molecule has 0 heterocycles. The van der Waals surface area contributed by atoms with Crippen molar-refractivity contribution in [2.75, 3.05) is 11.9 Å². The summed E-state index contributed by atoms with van der Waals surface area (Å²) >= 11 is 5.88. The normalized spacial score (nSPS) is 26.3. The molecule has 3 rings (SSSR count). The third-order valence-electron chi connectivity index (χ3n) is 4.67. The van der Waals surface area contributed by atoms with Crippen LogP contribution in [-0.2, 0) is 4.79 Å². The minimum absolute atomic E-state index is 0.0248. The zero-order chi connectivity index (χ0) is 16.6. The first kappa shape index (κ1) is 16.4. The van der Waals surface area contributed by atoms with Crippen LogP contribution >= 0.6 is 11.6 Å². The number of amides is 1. The molecule has 1 amide bonds. The van der Waals surface area contributed by atoms with E-state index >= 15 is 0 Å². The van der Waals surface area contributed by atoms with E-state index < -0.39 is 12.8 Å². The lowest BCUT2D eigenvalue weighted by molar-refractivity contribution is -0.153. The molecule has 2 bridgehead atoms. The lowest BCUT2D eigenvalue weighted by Gasteiger charge is -2.22. The number of hydrogen-bond acceptors (Lipinski definition) is 2. The van der Waals surface area contributed by atoms with Crippen LogP contribution in [0.2, 0.25) is 5.02 Å². The van der Waals surface area contributed by atoms with Crippen LogP contribution in [0, 0.1) is 17.8 Å². The van der Waals surface area contributed by atoms with Crippen molar-refractivity contribution in [3.63, 3.8) is 0 Å². The number of alkyl halides is 3. The summed E-state index contributed by atoms with van der Waals surface area (Å²) in [5.74, 6) is 0.748. The fourth-order valence-corrected chi connectivity index (χ4v) is 3.85. The van der Waals surface area contributed by atoms with Crippen molar-refractivity contribution in [3.05, 3.63) is 23.2 Å². The number of anilines is 1. The van der Waals surface area contributed by atoms with Gasteiger partial charge in [0, 0.05) is 10.9 Å². The minimum Gasteiger partial charge on any atom is -0.482 e. The fraction of sp³-hybridized carbons (Fsp3) is 0.562. The monoisotopic (exact) mass is 347 g/mol. The minimum atomic E-state index is -4.44. The molecule has 2 saturated carbocycles. The van der Waals surface area contributed by atoms with Gasteiger partial charge in [0.1, 0.15) is 5.75 Å². The van der Waals surface area contributed by atoms with E-state index in [-0.39, 0.29) is 23.3 Å². The SMILES string of the molecule is O=C(Nc1cc(Cl)ccc1OCC(F)(F)F)[C@H]1C[C@H]2CC[C@H]1C2. The maximum absolute atomic E-state index is 12.4. The van der Waals surface area contributed by atoms with E-state index in [0.29, 0.717) is 16.9 Å². The Bertz CT molecular complexity index is 605. The van der Waals surface area contributed by atoms with Crippen LogP contribution in [0.25, 0.3) is 0 Å². The zero-order valence-electron chi connectivity index (χ0n) is 12.3. The van der Waals surface area contributed by atoms with Gasteiger partial charge in [0.05, 0.1) is 5.69 Å². The molecule has 126 valence electrons. The van der Waals surface area contributed by atoms with Crippen LogP contribution in [0.5, 0.6) is 5.75 Å². The van der Waals surface area contributed by atoms with Gasteiger partial charge in [0.25, 0.3) is 0 Å². The third kappa shape index (κ3) is 3.91. The summed E-state index contributed by atoms with van der Waals surface area (Å²) in [5.41, 5.74) is 0.189. The predicted molar refractivity (Wildman–Crippen MR) is 80.6 cm³/mol. The molecule has 2 aliphatic carbocycles. The highest BCUT2D eigenvalue weighted by molar-refractivity contribution is 6.31. The highest BCUT2D eigenvalue weighted by Crippen LogP contribution is 2.48. The summed E-state index contributed by atoms with van der Waals surface area (Å²) in [6, 6.07) is 4.18. The Kier molecular flexibility index (Phi) is 4.45. The van der Waals surface area contributed by atoms with E-state index in [1.807, 2.05) is 0 Å². The number of rotatable bonds is 4. The van der Waals surface area contributed by atoms with E-state index in [2.05, 4.69) is 5.32 Å². The number of fused-ring (bicyclic) bond motifs is 2. The van der Waals surface area contributed by atoms with Crippen LogP contribution in [0.1, 0.15) is 25.7 Å². The third-order valence-corrected chi connectivity index (χ3v) is 4.90. The van der Waals surface area contributed by atoms with E-state index in [4.69, 9.17) is 16.3 Å². The highest BCUT2D eigenvalue weighted by Gasteiger charge is 2.43. The average Bonchev–Trinajstić information content (AvgIpc) is 3.08. The van der Waals surface area contributed by atoms with Crippen molar-refractivity contribution in [3.8, 4) is 5.75 Å². The molecule has 3 atom stereocenters. The largest absolute Gasteiger partial charge is 0.482 e. The van der Waals surface area contributed by atoms with Gasteiger partial charge in [-0.2, -0.15) is 13.2 Å². The van der Waals surface area contributed by atoms with Gasteiger partial charge in [0.2, 0.25) is 5.91 Å². The Morgan fingerprint density at radius 3 is 2.70 bits per heavy atom. The summed E-state index contributed by atoms with van der Waals surface area (Å²) in [6.07, 6.45) is -0.284. The molecule has 2 aliphatic rings. The molecule has 0 aliphatic heterocycles.